The van der Waals surface area contributed by atoms with Gasteiger partial charge < -0.3 is 16.4 Å². The van der Waals surface area contributed by atoms with Crippen LogP contribution in [0.25, 0.3) is 11.1 Å². The second-order valence-electron chi connectivity index (χ2n) is 8.19. The summed E-state index contributed by atoms with van der Waals surface area (Å²) in [5.41, 5.74) is 9.64. The molecule has 1 aliphatic rings. The third-order valence-electron chi connectivity index (χ3n) is 5.42. The van der Waals surface area contributed by atoms with Crippen LogP contribution < -0.4 is 16.4 Å². The minimum Gasteiger partial charge on any atom is -0.383 e. The number of nitrogens with one attached hydrogen (secondary N) is 2. The van der Waals surface area contributed by atoms with Gasteiger partial charge in [-0.25, -0.2) is 4.98 Å². The van der Waals surface area contributed by atoms with Gasteiger partial charge in [0.2, 0.25) is 5.91 Å². The zero-order chi connectivity index (χ0) is 22.1. The zero-order valence-corrected chi connectivity index (χ0v) is 18.5. The average Bonchev–Trinajstić information content (AvgIpc) is 3.22. The lowest BCUT2D eigenvalue weighted by molar-refractivity contribution is -0.117. The van der Waals surface area contributed by atoms with Gasteiger partial charge in [-0.3, -0.25) is 9.59 Å². The van der Waals surface area contributed by atoms with Gasteiger partial charge in [0.05, 0.1) is 5.56 Å². The maximum atomic E-state index is 12.2. The first-order valence-corrected chi connectivity index (χ1v) is 10.6. The molecule has 1 fully saturated rings. The van der Waals surface area contributed by atoms with Gasteiger partial charge in [-0.15, -0.1) is 0 Å². The van der Waals surface area contributed by atoms with E-state index in [1.54, 1.807) is 12.3 Å². The minimum absolute atomic E-state index is 0.0800. The number of amides is 1. The second kappa shape index (κ2) is 11.5. The summed E-state index contributed by atoms with van der Waals surface area (Å²) in [6, 6.07) is 8.12. The Hall–Kier alpha value is -2.73. The van der Waals surface area contributed by atoms with Crippen molar-refractivity contribution in [3.05, 3.63) is 41.6 Å². The number of aromatic nitrogens is 1. The van der Waals surface area contributed by atoms with Crippen molar-refractivity contribution in [2.75, 3.05) is 18.1 Å². The molecule has 3 rings (SSSR count). The number of pyridine rings is 1. The third-order valence-corrected chi connectivity index (χ3v) is 5.42. The van der Waals surface area contributed by atoms with Crippen molar-refractivity contribution in [3.63, 3.8) is 0 Å². The van der Waals surface area contributed by atoms with Crippen LogP contribution in [0, 0.1) is 12.8 Å². The van der Waals surface area contributed by atoms with Crippen LogP contribution in [0.5, 0.6) is 0 Å². The van der Waals surface area contributed by atoms with Gasteiger partial charge in [0, 0.05) is 29.9 Å². The SMILES string of the molecule is CNC(C)C.Cc1cc(NC(=O)CC2CCCC2)ccc1-c1cnc(N)c(C=O)c1. The smallest absolute Gasteiger partial charge is 0.224 e. The fourth-order valence-corrected chi connectivity index (χ4v) is 3.49. The van der Waals surface area contributed by atoms with E-state index >= 15 is 0 Å². The Bertz CT molecular complexity index is 858. The summed E-state index contributed by atoms with van der Waals surface area (Å²) >= 11 is 0. The van der Waals surface area contributed by atoms with Crippen molar-refractivity contribution in [2.24, 2.45) is 5.92 Å². The number of carbonyl (C=O) groups is 2. The quantitative estimate of drug-likeness (QED) is 0.606. The van der Waals surface area contributed by atoms with E-state index in [9.17, 15) is 9.59 Å². The summed E-state index contributed by atoms with van der Waals surface area (Å²) in [7, 11) is 1.95. The molecule has 6 heteroatoms. The molecule has 1 saturated carbocycles. The normalized spacial score (nSPS) is 13.6. The van der Waals surface area contributed by atoms with Crippen LogP contribution in [0.1, 0.15) is 61.9 Å². The molecule has 0 spiro atoms. The Kier molecular flexibility index (Phi) is 8.99. The molecule has 0 radical (unpaired) electrons. The highest BCUT2D eigenvalue weighted by molar-refractivity contribution is 5.91. The molecule has 0 atom stereocenters. The molecule has 0 unspecified atom stereocenters. The van der Waals surface area contributed by atoms with Crippen LogP contribution in [-0.2, 0) is 4.79 Å². The van der Waals surface area contributed by atoms with Gasteiger partial charge >= 0.3 is 0 Å². The Morgan fingerprint density at radius 2 is 1.93 bits per heavy atom. The molecule has 1 aromatic carbocycles. The summed E-state index contributed by atoms with van der Waals surface area (Å²) in [6.07, 6.45) is 7.77. The van der Waals surface area contributed by atoms with Crippen LogP contribution >= 0.6 is 0 Å². The van der Waals surface area contributed by atoms with Gasteiger partial charge in [-0.1, -0.05) is 32.8 Å². The number of nitrogens with two attached hydrogens (primary N) is 1. The fraction of sp³-hybridized carbons (Fsp3) is 0.458. The molecule has 2 aromatic rings. The Morgan fingerprint density at radius 1 is 1.27 bits per heavy atom. The fourth-order valence-electron chi connectivity index (χ4n) is 3.49. The highest BCUT2D eigenvalue weighted by Gasteiger charge is 2.18. The third kappa shape index (κ3) is 6.95. The largest absolute Gasteiger partial charge is 0.383 e. The highest BCUT2D eigenvalue weighted by atomic mass is 16.1. The first-order valence-electron chi connectivity index (χ1n) is 10.6. The standard InChI is InChI=1S/C20H23N3O2.C4H11N/c1-13-8-17(23-19(25)9-14-4-2-3-5-14)6-7-18(13)15-10-16(12-24)20(21)22-11-15;1-4(2)5-3/h6-8,10-12,14H,2-5,9H2,1H3,(H2,21,22)(H,23,25);4-5H,1-3H3. The molecular weight excluding hydrogens is 376 g/mol. The van der Waals surface area contributed by atoms with E-state index in [1.165, 1.54) is 12.8 Å². The van der Waals surface area contributed by atoms with Crippen molar-refractivity contribution in [1.82, 2.24) is 10.3 Å². The van der Waals surface area contributed by atoms with Crippen LogP contribution in [0.3, 0.4) is 0 Å². The topological polar surface area (TPSA) is 97.1 Å². The van der Waals surface area contributed by atoms with Gasteiger partial charge in [0.1, 0.15) is 5.82 Å². The maximum absolute atomic E-state index is 12.2. The molecule has 0 bridgehead atoms. The number of anilines is 2. The first kappa shape index (κ1) is 23.5. The van der Waals surface area contributed by atoms with Crippen molar-refractivity contribution in [2.45, 2.75) is 58.9 Å². The Labute approximate surface area is 179 Å². The number of hydrogen-bond donors (Lipinski definition) is 3. The number of rotatable bonds is 6. The molecule has 1 aromatic heterocycles. The summed E-state index contributed by atoms with van der Waals surface area (Å²) in [6.45, 7) is 6.19. The van der Waals surface area contributed by atoms with Crippen LogP contribution in [0.2, 0.25) is 0 Å². The van der Waals surface area contributed by atoms with Crippen LogP contribution in [0.15, 0.2) is 30.5 Å². The summed E-state index contributed by atoms with van der Waals surface area (Å²) in [5, 5.41) is 6.02. The predicted molar refractivity (Wildman–Crippen MR) is 124 cm³/mol. The van der Waals surface area contributed by atoms with Crippen molar-refractivity contribution < 1.29 is 9.59 Å². The molecule has 1 amide bonds. The summed E-state index contributed by atoms with van der Waals surface area (Å²) < 4.78 is 0. The Morgan fingerprint density at radius 3 is 2.50 bits per heavy atom. The van der Waals surface area contributed by atoms with Gasteiger partial charge in [0.25, 0.3) is 0 Å². The molecule has 6 nitrogen and oxygen atoms in total. The number of aryl methyl sites for hydroxylation is 1. The molecule has 1 aliphatic carbocycles. The van der Waals surface area contributed by atoms with Crippen LogP contribution in [-0.4, -0.2) is 30.3 Å². The summed E-state index contributed by atoms with van der Waals surface area (Å²) in [5.74, 6) is 0.839. The van der Waals surface area contributed by atoms with Crippen molar-refractivity contribution in [1.29, 1.82) is 0 Å². The lowest BCUT2D eigenvalue weighted by Gasteiger charge is -2.12. The van der Waals surface area contributed by atoms with Gasteiger partial charge in [0.15, 0.2) is 6.29 Å². The highest BCUT2D eigenvalue weighted by Crippen LogP contribution is 2.29. The number of benzene rings is 1. The van der Waals surface area contributed by atoms with E-state index in [2.05, 4.69) is 29.5 Å². The van der Waals surface area contributed by atoms with Crippen molar-refractivity contribution >= 4 is 23.7 Å². The van der Waals surface area contributed by atoms with E-state index in [1.807, 2.05) is 32.2 Å². The number of carbonyl (C=O) groups excluding carboxylic acids is 2. The lowest BCUT2D eigenvalue weighted by atomic mass is 10.00. The first-order chi connectivity index (χ1) is 14.3. The predicted octanol–water partition coefficient (Wildman–Crippen LogP) is 4.58. The number of hydrogen-bond acceptors (Lipinski definition) is 5. The second-order valence-corrected chi connectivity index (χ2v) is 8.19. The van der Waals surface area contributed by atoms with E-state index in [-0.39, 0.29) is 11.7 Å². The molecular formula is C24H34N4O2. The minimum atomic E-state index is 0.0800. The lowest BCUT2D eigenvalue weighted by Crippen LogP contribution is -2.15. The molecule has 0 saturated heterocycles. The van der Waals surface area contributed by atoms with E-state index in [4.69, 9.17) is 5.73 Å². The number of aldehydes is 1. The van der Waals surface area contributed by atoms with Crippen molar-refractivity contribution in [3.8, 4) is 11.1 Å². The van der Waals surface area contributed by atoms with Gasteiger partial charge in [-0.05, 0) is 62.1 Å². The van der Waals surface area contributed by atoms with Crippen LogP contribution in [0.4, 0.5) is 11.5 Å². The number of nitrogen functional groups attached to an aromatic ring is 1. The summed E-state index contributed by atoms with van der Waals surface area (Å²) in [4.78, 5) is 27.3. The number of nitrogens with zero attached hydrogens (tertiary/aromatic N) is 1. The Balaban J connectivity index is 0.000000575. The molecule has 4 N–H and O–H groups in total. The molecule has 0 aliphatic heterocycles. The maximum Gasteiger partial charge on any atom is 0.224 e. The average molecular weight is 411 g/mol. The molecule has 30 heavy (non-hydrogen) atoms. The van der Waals surface area contributed by atoms with E-state index in [0.717, 1.165) is 35.2 Å². The molecule has 1 heterocycles. The van der Waals surface area contributed by atoms with E-state index in [0.29, 0.717) is 30.2 Å². The van der Waals surface area contributed by atoms with Gasteiger partial charge in [-0.2, -0.15) is 0 Å². The monoisotopic (exact) mass is 410 g/mol. The molecule has 162 valence electrons. The zero-order valence-electron chi connectivity index (χ0n) is 18.5. The van der Waals surface area contributed by atoms with E-state index < -0.39 is 0 Å².